The number of hydrogen-bond donors (Lipinski definition) is 0. The fourth-order valence-corrected chi connectivity index (χ4v) is 2.10. The molecule has 0 aliphatic heterocycles. The second kappa shape index (κ2) is 7.32. The average molecular weight is 278 g/mol. The fraction of sp³-hybridized carbons (Fsp3) is 0.529. The van der Waals surface area contributed by atoms with Gasteiger partial charge in [0.2, 0.25) is 12.0 Å². The third-order valence-electron chi connectivity index (χ3n) is 3.81. The van der Waals surface area contributed by atoms with Gasteiger partial charge in [0, 0.05) is 11.5 Å². The molecule has 1 rings (SSSR count). The van der Waals surface area contributed by atoms with Gasteiger partial charge in [-0.1, -0.05) is 39.8 Å². The molecule has 0 fully saturated rings. The number of ketones is 2. The van der Waals surface area contributed by atoms with E-state index in [9.17, 15) is 14.0 Å². The van der Waals surface area contributed by atoms with Crippen LogP contribution in [0.5, 0.6) is 0 Å². The molecule has 0 amide bonds. The minimum atomic E-state index is -2.04. The maximum absolute atomic E-state index is 14.2. The first-order valence-corrected chi connectivity index (χ1v) is 7.29. The van der Waals surface area contributed by atoms with Crippen molar-refractivity contribution in [3.63, 3.8) is 0 Å². The minimum absolute atomic E-state index is 0.357. The molecule has 1 aromatic carbocycles. The normalized spacial score (nSPS) is 13.8. The number of alkyl halides is 1. The van der Waals surface area contributed by atoms with Gasteiger partial charge in [0.05, 0.1) is 0 Å². The first kappa shape index (κ1) is 16.5. The molecule has 0 aromatic heterocycles. The highest BCUT2D eigenvalue weighted by molar-refractivity contribution is 6.14. The maximum atomic E-state index is 14.2. The lowest BCUT2D eigenvalue weighted by molar-refractivity contribution is -0.125. The van der Waals surface area contributed by atoms with E-state index in [4.69, 9.17) is 0 Å². The molecule has 0 radical (unpaired) electrons. The molecule has 0 N–H and O–H groups in total. The molecule has 2 atom stereocenters. The quantitative estimate of drug-likeness (QED) is 0.559. The molecule has 0 saturated heterocycles. The molecule has 110 valence electrons. The van der Waals surface area contributed by atoms with Gasteiger partial charge >= 0.3 is 0 Å². The second-order valence-electron chi connectivity index (χ2n) is 5.14. The molecule has 0 spiro atoms. The lowest BCUT2D eigenvalue weighted by Crippen LogP contribution is -2.31. The first-order valence-electron chi connectivity index (χ1n) is 7.29. The lowest BCUT2D eigenvalue weighted by atomic mass is 9.91. The maximum Gasteiger partial charge on any atom is 0.221 e. The number of benzene rings is 1. The van der Waals surface area contributed by atoms with E-state index in [1.54, 1.807) is 13.0 Å². The van der Waals surface area contributed by atoms with Gasteiger partial charge in [-0.05, 0) is 36.5 Å². The SMILES string of the molecule is CCc1ccc(CC)c(C(=O)C(F)C(=O)C(C)CC)c1. The van der Waals surface area contributed by atoms with E-state index in [1.807, 2.05) is 32.9 Å². The summed E-state index contributed by atoms with van der Waals surface area (Å²) in [4.78, 5) is 24.1. The molecule has 0 aliphatic rings. The zero-order valence-corrected chi connectivity index (χ0v) is 12.7. The van der Waals surface area contributed by atoms with Crippen molar-refractivity contribution in [1.29, 1.82) is 0 Å². The van der Waals surface area contributed by atoms with E-state index in [-0.39, 0.29) is 0 Å². The molecule has 20 heavy (non-hydrogen) atoms. The number of rotatable bonds is 7. The summed E-state index contributed by atoms with van der Waals surface area (Å²) >= 11 is 0. The van der Waals surface area contributed by atoms with Crippen LogP contribution >= 0.6 is 0 Å². The monoisotopic (exact) mass is 278 g/mol. The van der Waals surface area contributed by atoms with Crippen LogP contribution in [-0.4, -0.2) is 17.7 Å². The number of carbonyl (C=O) groups excluding carboxylic acids is 2. The van der Waals surface area contributed by atoms with Crippen molar-refractivity contribution < 1.29 is 14.0 Å². The van der Waals surface area contributed by atoms with Crippen LogP contribution in [0.3, 0.4) is 0 Å². The van der Waals surface area contributed by atoms with Crippen LogP contribution in [0.2, 0.25) is 0 Å². The Morgan fingerprint density at radius 3 is 2.30 bits per heavy atom. The van der Waals surface area contributed by atoms with Crippen LogP contribution in [0.4, 0.5) is 4.39 Å². The molecule has 0 saturated carbocycles. The summed E-state index contributed by atoms with van der Waals surface area (Å²) in [5.74, 6) is -1.72. The van der Waals surface area contributed by atoms with E-state index in [2.05, 4.69) is 0 Å². The second-order valence-corrected chi connectivity index (χ2v) is 5.14. The lowest BCUT2D eigenvalue weighted by Gasteiger charge is -2.14. The van der Waals surface area contributed by atoms with Crippen LogP contribution in [0.25, 0.3) is 0 Å². The predicted octanol–water partition coefficient (Wildman–Crippen LogP) is 3.95. The molecule has 3 heteroatoms. The Balaban J connectivity index is 3.10. The highest BCUT2D eigenvalue weighted by Crippen LogP contribution is 2.19. The van der Waals surface area contributed by atoms with Gasteiger partial charge in [0.25, 0.3) is 0 Å². The average Bonchev–Trinajstić information content (AvgIpc) is 2.50. The van der Waals surface area contributed by atoms with E-state index in [0.29, 0.717) is 18.4 Å². The molecule has 2 nitrogen and oxygen atoms in total. The highest BCUT2D eigenvalue weighted by Gasteiger charge is 2.31. The van der Waals surface area contributed by atoms with Crippen molar-refractivity contribution in [2.24, 2.45) is 5.92 Å². The Bertz CT molecular complexity index is 494. The Morgan fingerprint density at radius 2 is 1.80 bits per heavy atom. The number of Topliss-reactive ketones (excluding diaryl/α,β-unsaturated/α-hetero) is 2. The molecule has 0 heterocycles. The van der Waals surface area contributed by atoms with Gasteiger partial charge < -0.3 is 0 Å². The number of hydrogen-bond acceptors (Lipinski definition) is 2. The molecular formula is C17H23FO2. The van der Waals surface area contributed by atoms with Gasteiger partial charge in [0.15, 0.2) is 5.78 Å². The summed E-state index contributed by atoms with van der Waals surface area (Å²) in [6.45, 7) is 7.37. The first-order chi connectivity index (χ1) is 9.46. The van der Waals surface area contributed by atoms with Crippen LogP contribution < -0.4 is 0 Å². The van der Waals surface area contributed by atoms with Crippen molar-refractivity contribution in [2.75, 3.05) is 0 Å². The molecule has 0 bridgehead atoms. The van der Waals surface area contributed by atoms with E-state index in [1.165, 1.54) is 0 Å². The van der Waals surface area contributed by atoms with Gasteiger partial charge in [-0.3, -0.25) is 9.59 Å². The Kier molecular flexibility index (Phi) is 6.05. The molecule has 1 aromatic rings. The highest BCUT2D eigenvalue weighted by atomic mass is 19.1. The van der Waals surface area contributed by atoms with E-state index < -0.39 is 23.7 Å². The zero-order valence-electron chi connectivity index (χ0n) is 12.7. The summed E-state index contributed by atoms with van der Waals surface area (Å²) in [5.41, 5.74) is 2.14. The van der Waals surface area contributed by atoms with Crippen LogP contribution in [-0.2, 0) is 17.6 Å². The predicted molar refractivity (Wildman–Crippen MR) is 78.9 cm³/mol. The smallest absolute Gasteiger partial charge is 0.221 e. The van der Waals surface area contributed by atoms with Crippen LogP contribution in [0, 0.1) is 5.92 Å². The Morgan fingerprint density at radius 1 is 1.15 bits per heavy atom. The van der Waals surface area contributed by atoms with Gasteiger partial charge in [0.1, 0.15) is 0 Å². The number of halogens is 1. The summed E-state index contributed by atoms with van der Waals surface area (Å²) < 4.78 is 14.2. The van der Waals surface area contributed by atoms with Crippen LogP contribution in [0.1, 0.15) is 55.6 Å². The Labute approximate surface area is 120 Å². The fourth-order valence-electron chi connectivity index (χ4n) is 2.10. The molecule has 0 aliphatic carbocycles. The third-order valence-corrected chi connectivity index (χ3v) is 3.81. The Hall–Kier alpha value is -1.51. The standard InChI is InChI=1S/C17H23FO2/c1-5-11(4)16(19)15(18)17(20)14-10-12(6-2)8-9-13(14)7-3/h8-11,15H,5-7H2,1-4H3. The van der Waals surface area contributed by atoms with Gasteiger partial charge in [-0.25, -0.2) is 4.39 Å². The van der Waals surface area contributed by atoms with Crippen molar-refractivity contribution in [3.8, 4) is 0 Å². The van der Waals surface area contributed by atoms with Crippen molar-refractivity contribution in [2.45, 2.75) is 53.1 Å². The van der Waals surface area contributed by atoms with Crippen molar-refractivity contribution in [3.05, 3.63) is 34.9 Å². The van der Waals surface area contributed by atoms with Gasteiger partial charge in [-0.2, -0.15) is 0 Å². The minimum Gasteiger partial charge on any atom is -0.296 e. The largest absolute Gasteiger partial charge is 0.296 e. The van der Waals surface area contributed by atoms with Crippen molar-refractivity contribution in [1.82, 2.24) is 0 Å². The van der Waals surface area contributed by atoms with Crippen LogP contribution in [0.15, 0.2) is 18.2 Å². The zero-order chi connectivity index (χ0) is 15.3. The van der Waals surface area contributed by atoms with E-state index in [0.717, 1.165) is 17.5 Å². The molecule has 2 unspecified atom stereocenters. The van der Waals surface area contributed by atoms with Crippen molar-refractivity contribution >= 4 is 11.6 Å². The summed E-state index contributed by atoms with van der Waals surface area (Å²) in [5, 5.41) is 0. The topological polar surface area (TPSA) is 34.1 Å². The summed E-state index contributed by atoms with van der Waals surface area (Å²) in [7, 11) is 0. The number of aryl methyl sites for hydroxylation is 2. The summed E-state index contributed by atoms with van der Waals surface area (Å²) in [6, 6.07) is 5.52. The number of carbonyl (C=O) groups is 2. The van der Waals surface area contributed by atoms with E-state index >= 15 is 0 Å². The van der Waals surface area contributed by atoms with Gasteiger partial charge in [-0.15, -0.1) is 0 Å². The third kappa shape index (κ3) is 3.53. The molecular weight excluding hydrogens is 255 g/mol. The summed E-state index contributed by atoms with van der Waals surface area (Å²) in [6.07, 6.45) is -0.0692.